The van der Waals surface area contributed by atoms with E-state index in [0.29, 0.717) is 15.8 Å². The maximum absolute atomic E-state index is 12.3. The first-order valence-electron chi connectivity index (χ1n) is 7.87. The minimum Gasteiger partial charge on any atom is -0.304 e. The molecular weight excluding hydrogens is 422 g/mol. The Morgan fingerprint density at radius 1 is 1.36 bits per heavy atom. The molecule has 0 unspecified atom stereocenters. The average molecular weight is 436 g/mol. The lowest BCUT2D eigenvalue weighted by atomic mass is 10.1. The number of hydrogen-bond acceptors (Lipinski definition) is 7. The summed E-state index contributed by atoms with van der Waals surface area (Å²) in [6.45, 7) is 0. The second-order valence-corrected chi connectivity index (χ2v) is 7.51. The zero-order valence-corrected chi connectivity index (χ0v) is 16.9. The van der Waals surface area contributed by atoms with Gasteiger partial charge in [-0.1, -0.05) is 23.7 Å². The molecule has 3 rings (SSSR count). The number of halogens is 1. The summed E-state index contributed by atoms with van der Waals surface area (Å²) < 4.78 is 0.820. The van der Waals surface area contributed by atoms with E-state index in [2.05, 4.69) is 27.9 Å². The van der Waals surface area contributed by atoms with E-state index in [1.807, 2.05) is 12.1 Å². The first kappa shape index (κ1) is 20.1. The topological polar surface area (TPSA) is 121 Å². The molecule has 3 N–H and O–H groups in total. The van der Waals surface area contributed by atoms with E-state index in [1.54, 1.807) is 17.5 Å². The number of carbonyl (C=O) groups is 1. The van der Waals surface area contributed by atoms with Gasteiger partial charge in [-0.25, -0.2) is 9.78 Å². The maximum Gasteiger partial charge on any atom is 0.328 e. The predicted octanol–water partition coefficient (Wildman–Crippen LogP) is 2.54. The molecule has 0 atom stereocenters. The van der Waals surface area contributed by atoms with Crippen molar-refractivity contribution in [3.63, 3.8) is 0 Å². The highest BCUT2D eigenvalue weighted by atomic mass is 35.5. The molecule has 11 heteroatoms. The van der Waals surface area contributed by atoms with E-state index in [9.17, 15) is 14.4 Å². The largest absolute Gasteiger partial charge is 0.328 e. The summed E-state index contributed by atoms with van der Waals surface area (Å²) in [7, 11) is 1.28. The van der Waals surface area contributed by atoms with Crippen LogP contribution in [0, 0.1) is 5.41 Å². The molecule has 1 amide bonds. The lowest BCUT2D eigenvalue weighted by Crippen LogP contribution is -2.37. The van der Waals surface area contributed by atoms with E-state index in [4.69, 9.17) is 17.0 Å². The number of nitrogens with one attached hydrogen (secondary N) is 3. The molecule has 0 fully saturated rings. The molecule has 3 aromatic rings. The molecule has 1 aromatic carbocycles. The summed E-state index contributed by atoms with van der Waals surface area (Å²) in [5, 5.41) is 13.4. The SMILES string of the molecule is Cn1c(=O)[nH]c(S)c(C(=N)CC(=O)Nc2nc(-c3ccc(Cl)cc3)cs2)c1=O. The van der Waals surface area contributed by atoms with Gasteiger partial charge in [-0.15, -0.1) is 24.0 Å². The van der Waals surface area contributed by atoms with Crippen molar-refractivity contribution in [1.29, 1.82) is 5.41 Å². The van der Waals surface area contributed by atoms with Crippen LogP contribution in [0.5, 0.6) is 0 Å². The Morgan fingerprint density at radius 2 is 2.04 bits per heavy atom. The molecule has 0 aliphatic carbocycles. The van der Waals surface area contributed by atoms with Crippen molar-refractivity contribution < 1.29 is 4.79 Å². The zero-order valence-electron chi connectivity index (χ0n) is 14.4. The highest BCUT2D eigenvalue weighted by Gasteiger charge is 2.18. The van der Waals surface area contributed by atoms with Gasteiger partial charge < -0.3 is 15.7 Å². The summed E-state index contributed by atoms with van der Waals surface area (Å²) >= 11 is 11.1. The van der Waals surface area contributed by atoms with Gasteiger partial charge in [0, 0.05) is 23.0 Å². The highest BCUT2D eigenvalue weighted by Crippen LogP contribution is 2.26. The molecule has 2 heterocycles. The van der Waals surface area contributed by atoms with Crippen molar-refractivity contribution in [3.8, 4) is 11.3 Å². The van der Waals surface area contributed by atoms with Crippen LogP contribution in [0.4, 0.5) is 5.13 Å². The van der Waals surface area contributed by atoms with Gasteiger partial charge >= 0.3 is 5.69 Å². The van der Waals surface area contributed by atoms with Gasteiger partial charge in [-0.3, -0.25) is 14.2 Å². The first-order valence-corrected chi connectivity index (χ1v) is 9.58. The van der Waals surface area contributed by atoms with E-state index >= 15 is 0 Å². The minimum absolute atomic E-state index is 0.0508. The number of thiazole rings is 1. The van der Waals surface area contributed by atoms with Crippen molar-refractivity contribution in [2.45, 2.75) is 11.4 Å². The van der Waals surface area contributed by atoms with Gasteiger partial charge in [0.1, 0.15) is 0 Å². The van der Waals surface area contributed by atoms with Crippen molar-refractivity contribution in [2.24, 2.45) is 7.05 Å². The Kier molecular flexibility index (Phi) is 5.82. The normalized spacial score (nSPS) is 10.7. The number of benzene rings is 1. The van der Waals surface area contributed by atoms with Gasteiger partial charge in [0.15, 0.2) is 5.13 Å². The number of amides is 1. The number of hydrogen-bond donors (Lipinski definition) is 4. The van der Waals surface area contributed by atoms with Crippen molar-refractivity contribution >= 4 is 52.3 Å². The van der Waals surface area contributed by atoms with E-state index < -0.39 is 17.2 Å². The number of aromatic amines is 1. The van der Waals surface area contributed by atoms with Crippen LogP contribution < -0.4 is 16.6 Å². The molecular formula is C17H14ClN5O3S2. The van der Waals surface area contributed by atoms with Gasteiger partial charge in [-0.2, -0.15) is 0 Å². The van der Waals surface area contributed by atoms with Gasteiger partial charge in [0.05, 0.1) is 28.4 Å². The van der Waals surface area contributed by atoms with Crippen LogP contribution in [0.25, 0.3) is 11.3 Å². The summed E-state index contributed by atoms with van der Waals surface area (Å²) in [4.78, 5) is 42.7. The van der Waals surface area contributed by atoms with Gasteiger partial charge in [0.25, 0.3) is 5.56 Å². The predicted molar refractivity (Wildman–Crippen MR) is 112 cm³/mol. The fraction of sp³-hybridized carbons (Fsp3) is 0.118. The number of aromatic nitrogens is 3. The van der Waals surface area contributed by atoms with Crippen molar-refractivity contribution in [1.82, 2.24) is 14.5 Å². The second-order valence-electron chi connectivity index (χ2n) is 5.77. The number of thiol groups is 1. The number of carbonyl (C=O) groups excluding carboxylic acids is 1. The highest BCUT2D eigenvalue weighted by molar-refractivity contribution is 7.80. The molecule has 0 spiro atoms. The molecule has 0 bridgehead atoms. The fourth-order valence-electron chi connectivity index (χ4n) is 2.38. The molecule has 0 saturated heterocycles. The summed E-state index contributed by atoms with van der Waals surface area (Å²) in [6.07, 6.45) is -0.370. The average Bonchev–Trinajstić information content (AvgIpc) is 3.08. The Hall–Kier alpha value is -2.69. The Labute approximate surface area is 173 Å². The van der Waals surface area contributed by atoms with Gasteiger partial charge in [0.2, 0.25) is 5.91 Å². The number of nitrogens with zero attached hydrogens (tertiary/aromatic N) is 2. The smallest absolute Gasteiger partial charge is 0.304 e. The summed E-state index contributed by atoms with van der Waals surface area (Å²) in [5.41, 5.74) is -0.181. The number of rotatable bonds is 5. The maximum atomic E-state index is 12.3. The molecule has 0 aliphatic heterocycles. The van der Waals surface area contributed by atoms with E-state index in [-0.39, 0.29) is 22.7 Å². The molecule has 144 valence electrons. The third kappa shape index (κ3) is 4.24. The number of H-pyrrole nitrogens is 1. The molecule has 0 saturated carbocycles. The quantitative estimate of drug-likeness (QED) is 0.279. The van der Waals surface area contributed by atoms with Gasteiger partial charge in [-0.05, 0) is 12.1 Å². The second kappa shape index (κ2) is 8.13. The molecule has 28 heavy (non-hydrogen) atoms. The van der Waals surface area contributed by atoms with Crippen LogP contribution >= 0.6 is 35.6 Å². The Balaban J connectivity index is 1.72. The molecule has 0 radical (unpaired) electrons. The first-order chi connectivity index (χ1) is 13.3. The van der Waals surface area contributed by atoms with Crippen LogP contribution in [0.1, 0.15) is 12.0 Å². The van der Waals surface area contributed by atoms with Crippen LogP contribution in [0.15, 0.2) is 44.3 Å². The monoisotopic (exact) mass is 435 g/mol. The van der Waals surface area contributed by atoms with Crippen LogP contribution in [0.2, 0.25) is 5.02 Å². The lowest BCUT2D eigenvalue weighted by Gasteiger charge is -2.07. The lowest BCUT2D eigenvalue weighted by molar-refractivity contribution is -0.115. The molecule has 0 aliphatic rings. The fourth-order valence-corrected chi connectivity index (χ4v) is 3.57. The third-order valence-electron chi connectivity index (χ3n) is 3.81. The zero-order chi connectivity index (χ0) is 20.4. The standard InChI is InChI=1S/C17H14ClN5O3S2/c1-23-15(25)13(14(27)22-17(23)26)10(19)6-12(24)21-16-20-11(7-28-16)8-2-4-9(18)5-3-8/h2-5,7,19,27H,6H2,1H3,(H,22,26)(H,20,21,24). The summed E-state index contributed by atoms with van der Waals surface area (Å²) in [6, 6.07) is 7.13. The minimum atomic E-state index is -0.689. The van der Waals surface area contributed by atoms with Crippen molar-refractivity contribution in [2.75, 3.05) is 5.32 Å². The van der Waals surface area contributed by atoms with Crippen LogP contribution in [-0.2, 0) is 11.8 Å². The molecule has 8 nitrogen and oxygen atoms in total. The Bertz CT molecular complexity index is 1180. The van der Waals surface area contributed by atoms with Crippen LogP contribution in [-0.4, -0.2) is 26.2 Å². The summed E-state index contributed by atoms with van der Waals surface area (Å²) in [5.74, 6) is -0.511. The van der Waals surface area contributed by atoms with Crippen molar-refractivity contribution in [3.05, 3.63) is 61.1 Å². The molecule has 2 aromatic heterocycles. The van der Waals surface area contributed by atoms with Crippen LogP contribution in [0.3, 0.4) is 0 Å². The van der Waals surface area contributed by atoms with E-state index in [0.717, 1.165) is 10.1 Å². The third-order valence-corrected chi connectivity index (χ3v) is 5.16. The Morgan fingerprint density at radius 3 is 2.71 bits per heavy atom. The number of anilines is 1. The van der Waals surface area contributed by atoms with E-state index in [1.165, 1.54) is 18.4 Å².